The van der Waals surface area contributed by atoms with Crippen LogP contribution in [0.1, 0.15) is 57.7 Å². The number of para-hydroxylation sites is 2. The van der Waals surface area contributed by atoms with Crippen LogP contribution in [0.5, 0.6) is 5.75 Å². The zero-order chi connectivity index (χ0) is 20.0. The van der Waals surface area contributed by atoms with Gasteiger partial charge in [-0.05, 0) is 42.0 Å². The van der Waals surface area contributed by atoms with Crippen molar-refractivity contribution in [2.24, 2.45) is 5.92 Å². The molecule has 2 atom stereocenters. The predicted molar refractivity (Wildman–Crippen MR) is 112 cm³/mol. The summed E-state index contributed by atoms with van der Waals surface area (Å²) in [6.45, 7) is 10.6. The van der Waals surface area contributed by atoms with E-state index in [0.29, 0.717) is 23.3 Å². The van der Waals surface area contributed by atoms with E-state index in [9.17, 15) is 4.79 Å². The van der Waals surface area contributed by atoms with E-state index in [2.05, 4.69) is 62.6 Å². The first-order valence-electron chi connectivity index (χ1n) is 9.63. The monoisotopic (exact) mass is 368 g/mol. The fourth-order valence-corrected chi connectivity index (χ4v) is 3.10. The SMILES string of the molecule is COc1ccccc1NC(=O)[C@@H](C)N[C@@H](c1ccc(C(C)C)cc1)C(C)C. The molecule has 0 fully saturated rings. The zero-order valence-electron chi connectivity index (χ0n) is 17.2. The van der Waals surface area contributed by atoms with Gasteiger partial charge in [0.2, 0.25) is 5.91 Å². The van der Waals surface area contributed by atoms with Crippen molar-refractivity contribution in [2.45, 2.75) is 52.6 Å². The number of nitrogens with one attached hydrogen (secondary N) is 2. The molecule has 2 aromatic carbocycles. The van der Waals surface area contributed by atoms with Gasteiger partial charge >= 0.3 is 0 Å². The van der Waals surface area contributed by atoms with Gasteiger partial charge < -0.3 is 10.1 Å². The van der Waals surface area contributed by atoms with Crippen molar-refractivity contribution in [3.63, 3.8) is 0 Å². The third-order valence-electron chi connectivity index (χ3n) is 4.82. The lowest BCUT2D eigenvalue weighted by Gasteiger charge is -2.27. The van der Waals surface area contributed by atoms with Gasteiger partial charge in [0.05, 0.1) is 18.8 Å². The van der Waals surface area contributed by atoms with Crippen LogP contribution in [0.3, 0.4) is 0 Å². The molecule has 1 amide bonds. The van der Waals surface area contributed by atoms with Crippen LogP contribution in [0, 0.1) is 5.92 Å². The Labute approximate surface area is 163 Å². The molecule has 2 N–H and O–H groups in total. The third kappa shape index (κ3) is 5.57. The van der Waals surface area contributed by atoms with Crippen molar-refractivity contribution < 1.29 is 9.53 Å². The maximum Gasteiger partial charge on any atom is 0.241 e. The molecule has 0 saturated heterocycles. The molecule has 0 heterocycles. The molecule has 4 heteroatoms. The Kier molecular flexibility index (Phi) is 7.43. The largest absolute Gasteiger partial charge is 0.495 e. The summed E-state index contributed by atoms with van der Waals surface area (Å²) in [7, 11) is 1.60. The van der Waals surface area contributed by atoms with E-state index in [0.717, 1.165) is 0 Å². The number of hydrogen-bond donors (Lipinski definition) is 2. The van der Waals surface area contributed by atoms with Gasteiger partial charge in [-0.1, -0.05) is 64.1 Å². The molecule has 0 aromatic heterocycles. The smallest absolute Gasteiger partial charge is 0.241 e. The highest BCUT2D eigenvalue weighted by atomic mass is 16.5. The molecule has 0 radical (unpaired) electrons. The molecule has 0 aliphatic carbocycles. The van der Waals surface area contributed by atoms with Gasteiger partial charge in [0, 0.05) is 6.04 Å². The minimum absolute atomic E-state index is 0.0797. The van der Waals surface area contributed by atoms with E-state index in [1.807, 2.05) is 31.2 Å². The number of anilines is 1. The summed E-state index contributed by atoms with van der Waals surface area (Å²) in [5, 5.41) is 6.44. The third-order valence-corrected chi connectivity index (χ3v) is 4.82. The van der Waals surface area contributed by atoms with Crippen LogP contribution in [0.15, 0.2) is 48.5 Å². The first-order chi connectivity index (χ1) is 12.8. The number of methoxy groups -OCH3 is 1. The average Bonchev–Trinajstić information content (AvgIpc) is 2.66. The minimum Gasteiger partial charge on any atom is -0.495 e. The Bertz CT molecular complexity index is 738. The molecule has 0 spiro atoms. The highest BCUT2D eigenvalue weighted by molar-refractivity contribution is 5.95. The first kappa shape index (κ1) is 21.0. The van der Waals surface area contributed by atoms with Gasteiger partial charge in [-0.15, -0.1) is 0 Å². The van der Waals surface area contributed by atoms with Crippen LogP contribution >= 0.6 is 0 Å². The standard InChI is InChI=1S/C23H32N2O2/c1-15(2)18-11-13-19(14-12-18)22(16(3)4)24-17(5)23(26)25-20-9-7-8-10-21(20)27-6/h7-17,22,24H,1-6H3,(H,25,26)/t17-,22-/m1/s1. The van der Waals surface area contributed by atoms with Crippen molar-refractivity contribution in [1.82, 2.24) is 5.32 Å². The average molecular weight is 369 g/mol. The topological polar surface area (TPSA) is 50.4 Å². The number of carbonyl (C=O) groups is 1. The van der Waals surface area contributed by atoms with Crippen LogP contribution in [0.2, 0.25) is 0 Å². The Morgan fingerprint density at radius 3 is 2.04 bits per heavy atom. The van der Waals surface area contributed by atoms with Crippen LogP contribution in [-0.4, -0.2) is 19.1 Å². The summed E-state index contributed by atoms with van der Waals surface area (Å²) in [4.78, 5) is 12.7. The van der Waals surface area contributed by atoms with E-state index in [1.165, 1.54) is 11.1 Å². The number of rotatable bonds is 8. The lowest BCUT2D eigenvalue weighted by Crippen LogP contribution is -2.41. The lowest BCUT2D eigenvalue weighted by molar-refractivity contribution is -0.118. The van der Waals surface area contributed by atoms with Gasteiger partial charge in [-0.25, -0.2) is 0 Å². The molecule has 0 bridgehead atoms. The predicted octanol–water partition coefficient (Wildman–Crippen LogP) is 5.13. The van der Waals surface area contributed by atoms with Gasteiger partial charge in [-0.2, -0.15) is 0 Å². The van der Waals surface area contributed by atoms with Crippen molar-refractivity contribution in [2.75, 3.05) is 12.4 Å². The first-order valence-corrected chi connectivity index (χ1v) is 9.63. The fraction of sp³-hybridized carbons (Fsp3) is 0.435. The van der Waals surface area contributed by atoms with Gasteiger partial charge in [-0.3, -0.25) is 10.1 Å². The number of carbonyl (C=O) groups excluding carboxylic acids is 1. The molecule has 146 valence electrons. The highest BCUT2D eigenvalue weighted by Crippen LogP contribution is 2.26. The second-order valence-electron chi connectivity index (χ2n) is 7.62. The molecule has 0 aliphatic heterocycles. The quantitative estimate of drug-likeness (QED) is 0.679. The minimum atomic E-state index is -0.341. The van der Waals surface area contributed by atoms with Gasteiger partial charge in [0.25, 0.3) is 0 Å². The molecule has 27 heavy (non-hydrogen) atoms. The van der Waals surface area contributed by atoms with E-state index < -0.39 is 0 Å². The molecule has 0 unspecified atom stereocenters. The van der Waals surface area contributed by atoms with Crippen molar-refractivity contribution >= 4 is 11.6 Å². The van der Waals surface area contributed by atoms with E-state index in [1.54, 1.807) is 7.11 Å². The van der Waals surface area contributed by atoms with E-state index in [4.69, 9.17) is 4.74 Å². The number of hydrogen-bond acceptors (Lipinski definition) is 3. The Morgan fingerprint density at radius 2 is 1.48 bits per heavy atom. The summed E-state index contributed by atoms with van der Waals surface area (Å²) in [6, 6.07) is 15.9. The molecule has 0 saturated carbocycles. The fourth-order valence-electron chi connectivity index (χ4n) is 3.10. The second-order valence-corrected chi connectivity index (χ2v) is 7.62. The van der Waals surface area contributed by atoms with Crippen molar-refractivity contribution in [1.29, 1.82) is 0 Å². The van der Waals surface area contributed by atoms with E-state index >= 15 is 0 Å². The summed E-state index contributed by atoms with van der Waals surface area (Å²) in [5.74, 6) is 1.44. The molecule has 2 rings (SSSR count). The Balaban J connectivity index is 2.09. The summed E-state index contributed by atoms with van der Waals surface area (Å²) in [6.07, 6.45) is 0. The van der Waals surface area contributed by atoms with Gasteiger partial charge in [0.15, 0.2) is 0 Å². The summed E-state index contributed by atoms with van der Waals surface area (Å²) in [5.41, 5.74) is 3.20. The number of amides is 1. The Morgan fingerprint density at radius 1 is 0.889 bits per heavy atom. The van der Waals surface area contributed by atoms with Crippen LogP contribution < -0.4 is 15.4 Å². The van der Waals surface area contributed by atoms with E-state index in [-0.39, 0.29) is 18.0 Å². The van der Waals surface area contributed by atoms with Crippen LogP contribution in [0.25, 0.3) is 0 Å². The number of benzene rings is 2. The van der Waals surface area contributed by atoms with Crippen molar-refractivity contribution in [3.8, 4) is 5.75 Å². The molecule has 2 aromatic rings. The summed E-state index contributed by atoms with van der Waals surface area (Å²) >= 11 is 0. The number of ether oxygens (including phenoxy) is 1. The molecule has 4 nitrogen and oxygen atoms in total. The highest BCUT2D eigenvalue weighted by Gasteiger charge is 2.22. The van der Waals surface area contributed by atoms with Crippen LogP contribution in [-0.2, 0) is 4.79 Å². The van der Waals surface area contributed by atoms with Gasteiger partial charge in [0.1, 0.15) is 5.75 Å². The molecule has 0 aliphatic rings. The maximum absolute atomic E-state index is 12.7. The van der Waals surface area contributed by atoms with Crippen LogP contribution in [0.4, 0.5) is 5.69 Å². The van der Waals surface area contributed by atoms with Crippen molar-refractivity contribution in [3.05, 3.63) is 59.7 Å². The maximum atomic E-state index is 12.7. The molecular formula is C23H32N2O2. The Hall–Kier alpha value is -2.33. The second kappa shape index (κ2) is 9.56. The molecular weight excluding hydrogens is 336 g/mol. The normalized spacial score (nSPS) is 13.5. The lowest BCUT2D eigenvalue weighted by atomic mass is 9.93. The zero-order valence-corrected chi connectivity index (χ0v) is 17.2. The summed E-state index contributed by atoms with van der Waals surface area (Å²) < 4.78 is 5.31.